The number of para-hydroxylation sites is 1. The lowest BCUT2D eigenvalue weighted by Gasteiger charge is -2.29. The molecule has 10 heteroatoms. The Kier molecular flexibility index (Phi) is 5.51. The zero-order valence-corrected chi connectivity index (χ0v) is 17.0. The van der Waals surface area contributed by atoms with Gasteiger partial charge < -0.3 is 20.6 Å². The molecule has 1 saturated heterocycles. The van der Waals surface area contributed by atoms with Crippen LogP contribution < -0.4 is 16.0 Å². The number of rotatable bonds is 4. The lowest BCUT2D eigenvalue weighted by Crippen LogP contribution is -2.52. The Labute approximate surface area is 182 Å². The quantitative estimate of drug-likeness (QED) is 0.426. The SMILES string of the molecule is O=C1CCC(N2Cc3cc(CNC(=O)Nc4cccc(Cl)c4O)ccc3C2=O)C(=O)N1. The number of hydrogen-bond donors (Lipinski definition) is 4. The number of piperidine rings is 1. The van der Waals surface area contributed by atoms with Gasteiger partial charge in [-0.2, -0.15) is 0 Å². The summed E-state index contributed by atoms with van der Waals surface area (Å²) in [6.45, 7) is 0.448. The highest BCUT2D eigenvalue weighted by molar-refractivity contribution is 6.32. The van der Waals surface area contributed by atoms with Crippen LogP contribution in [0.2, 0.25) is 5.02 Å². The van der Waals surface area contributed by atoms with Gasteiger partial charge in [0, 0.05) is 25.1 Å². The van der Waals surface area contributed by atoms with Crippen LogP contribution in [0.1, 0.15) is 34.3 Å². The lowest BCUT2D eigenvalue weighted by molar-refractivity contribution is -0.136. The highest BCUT2D eigenvalue weighted by Gasteiger charge is 2.39. The zero-order valence-electron chi connectivity index (χ0n) is 16.3. The van der Waals surface area contributed by atoms with Crippen LogP contribution >= 0.6 is 11.6 Å². The average molecular weight is 443 g/mol. The first-order valence-corrected chi connectivity index (χ1v) is 10.00. The van der Waals surface area contributed by atoms with Crippen LogP contribution in [-0.2, 0) is 22.7 Å². The summed E-state index contributed by atoms with van der Waals surface area (Å²) >= 11 is 5.83. The second kappa shape index (κ2) is 8.27. The molecule has 160 valence electrons. The van der Waals surface area contributed by atoms with E-state index in [1.165, 1.54) is 17.0 Å². The number of phenolic OH excluding ortho intramolecular Hbond substituents is 1. The lowest BCUT2D eigenvalue weighted by atomic mass is 10.0. The van der Waals surface area contributed by atoms with Gasteiger partial charge in [-0.3, -0.25) is 19.7 Å². The van der Waals surface area contributed by atoms with Crippen LogP contribution in [0.4, 0.5) is 10.5 Å². The first-order chi connectivity index (χ1) is 14.8. The number of carbonyl (C=O) groups excluding carboxylic acids is 4. The van der Waals surface area contributed by atoms with Crippen molar-refractivity contribution in [2.75, 3.05) is 5.32 Å². The number of anilines is 1. The highest BCUT2D eigenvalue weighted by Crippen LogP contribution is 2.31. The maximum atomic E-state index is 12.7. The first-order valence-electron chi connectivity index (χ1n) is 9.62. The molecule has 2 aliphatic rings. The number of carbonyl (C=O) groups is 4. The van der Waals surface area contributed by atoms with Crippen LogP contribution in [-0.4, -0.2) is 39.8 Å². The molecule has 0 bridgehead atoms. The van der Waals surface area contributed by atoms with Gasteiger partial charge in [-0.25, -0.2) is 4.79 Å². The fourth-order valence-electron chi connectivity index (χ4n) is 3.70. The third kappa shape index (κ3) is 4.17. The van der Waals surface area contributed by atoms with E-state index in [0.29, 0.717) is 12.0 Å². The van der Waals surface area contributed by atoms with E-state index >= 15 is 0 Å². The van der Waals surface area contributed by atoms with E-state index in [9.17, 15) is 24.3 Å². The minimum Gasteiger partial charge on any atom is -0.504 e. The summed E-state index contributed by atoms with van der Waals surface area (Å²) in [5.41, 5.74) is 2.20. The van der Waals surface area contributed by atoms with Crippen LogP contribution in [0.25, 0.3) is 0 Å². The molecule has 2 heterocycles. The Bertz CT molecular complexity index is 1100. The molecule has 1 fully saturated rings. The summed E-state index contributed by atoms with van der Waals surface area (Å²) in [5.74, 6) is -1.26. The monoisotopic (exact) mass is 442 g/mol. The number of hydrogen-bond acceptors (Lipinski definition) is 5. The zero-order chi connectivity index (χ0) is 22.1. The number of benzene rings is 2. The molecule has 0 aromatic heterocycles. The van der Waals surface area contributed by atoms with Gasteiger partial charge in [0.15, 0.2) is 5.75 Å². The molecule has 0 aliphatic carbocycles. The Hall–Kier alpha value is -3.59. The van der Waals surface area contributed by atoms with E-state index in [-0.39, 0.29) is 47.8 Å². The number of nitrogens with one attached hydrogen (secondary N) is 3. The minimum atomic E-state index is -0.671. The molecule has 0 saturated carbocycles. The molecule has 1 unspecified atom stereocenters. The molecular formula is C21H19ClN4O5. The van der Waals surface area contributed by atoms with Gasteiger partial charge in [0.2, 0.25) is 11.8 Å². The minimum absolute atomic E-state index is 0.127. The Balaban J connectivity index is 1.39. The Morgan fingerprint density at radius 3 is 2.81 bits per heavy atom. The number of halogens is 1. The summed E-state index contributed by atoms with van der Waals surface area (Å²) in [6.07, 6.45) is 0.498. The molecule has 2 aromatic carbocycles. The second-order valence-corrected chi connectivity index (χ2v) is 7.74. The van der Waals surface area contributed by atoms with Crippen LogP contribution in [0.15, 0.2) is 36.4 Å². The fraction of sp³-hybridized carbons (Fsp3) is 0.238. The number of fused-ring (bicyclic) bond motifs is 1. The van der Waals surface area contributed by atoms with Crippen molar-refractivity contribution >= 4 is 41.0 Å². The number of imide groups is 1. The molecule has 2 aliphatic heterocycles. The van der Waals surface area contributed by atoms with Crippen molar-refractivity contribution in [2.45, 2.75) is 32.0 Å². The van der Waals surface area contributed by atoms with Gasteiger partial charge in [-0.05, 0) is 35.7 Å². The maximum Gasteiger partial charge on any atom is 0.319 e. The Morgan fingerprint density at radius 1 is 1.23 bits per heavy atom. The number of amides is 5. The van der Waals surface area contributed by atoms with Crippen LogP contribution in [0.3, 0.4) is 0 Å². The molecule has 0 spiro atoms. The normalized spacial score (nSPS) is 17.9. The molecule has 2 aromatic rings. The van der Waals surface area contributed by atoms with E-state index < -0.39 is 18.0 Å². The molecule has 31 heavy (non-hydrogen) atoms. The van der Waals surface area contributed by atoms with Crippen molar-refractivity contribution in [3.8, 4) is 5.75 Å². The summed E-state index contributed by atoms with van der Waals surface area (Å²) in [7, 11) is 0. The van der Waals surface area contributed by atoms with Crippen molar-refractivity contribution < 1.29 is 24.3 Å². The van der Waals surface area contributed by atoms with E-state index in [1.807, 2.05) is 0 Å². The van der Waals surface area contributed by atoms with Gasteiger partial charge in [-0.15, -0.1) is 0 Å². The van der Waals surface area contributed by atoms with E-state index in [2.05, 4.69) is 16.0 Å². The van der Waals surface area contributed by atoms with E-state index in [0.717, 1.165) is 11.1 Å². The molecule has 4 N–H and O–H groups in total. The summed E-state index contributed by atoms with van der Waals surface area (Å²) in [6, 6.07) is 8.62. The first kappa shape index (κ1) is 20.7. The van der Waals surface area contributed by atoms with Gasteiger partial charge in [0.1, 0.15) is 6.04 Å². The third-order valence-corrected chi connectivity index (χ3v) is 5.58. The van der Waals surface area contributed by atoms with E-state index in [1.54, 1.807) is 24.3 Å². The summed E-state index contributed by atoms with van der Waals surface area (Å²) < 4.78 is 0. The standard InChI is InChI=1S/C21H19ClN4O5/c22-14-2-1-3-15(18(14)28)24-21(31)23-9-11-4-5-13-12(8-11)10-26(20(13)30)16-6-7-17(27)25-19(16)29/h1-5,8,16,28H,6-7,9-10H2,(H2,23,24,31)(H,25,27,29). The van der Waals surface area contributed by atoms with Crippen molar-refractivity contribution in [1.29, 1.82) is 0 Å². The average Bonchev–Trinajstić information content (AvgIpc) is 3.05. The van der Waals surface area contributed by atoms with Crippen LogP contribution in [0, 0.1) is 0 Å². The number of aromatic hydroxyl groups is 1. The second-order valence-electron chi connectivity index (χ2n) is 7.34. The third-order valence-electron chi connectivity index (χ3n) is 5.28. The van der Waals surface area contributed by atoms with Crippen molar-refractivity contribution in [2.24, 2.45) is 0 Å². The Morgan fingerprint density at radius 2 is 2.03 bits per heavy atom. The molecule has 4 rings (SSSR count). The van der Waals surface area contributed by atoms with Gasteiger partial charge in [0.25, 0.3) is 5.91 Å². The fourth-order valence-corrected chi connectivity index (χ4v) is 3.88. The van der Waals surface area contributed by atoms with E-state index in [4.69, 9.17) is 11.6 Å². The molecule has 5 amide bonds. The topological polar surface area (TPSA) is 128 Å². The maximum absolute atomic E-state index is 12.7. The molecule has 9 nitrogen and oxygen atoms in total. The van der Waals surface area contributed by atoms with Gasteiger partial charge in [0.05, 0.1) is 10.7 Å². The van der Waals surface area contributed by atoms with Crippen molar-refractivity contribution in [1.82, 2.24) is 15.5 Å². The molecule has 0 radical (unpaired) electrons. The number of urea groups is 1. The smallest absolute Gasteiger partial charge is 0.319 e. The number of phenols is 1. The summed E-state index contributed by atoms with van der Waals surface area (Å²) in [4.78, 5) is 49.8. The summed E-state index contributed by atoms with van der Waals surface area (Å²) in [5, 5.41) is 17.5. The van der Waals surface area contributed by atoms with Gasteiger partial charge in [-0.1, -0.05) is 29.8 Å². The predicted molar refractivity (Wildman–Crippen MR) is 111 cm³/mol. The van der Waals surface area contributed by atoms with Crippen molar-refractivity contribution in [3.05, 3.63) is 58.1 Å². The van der Waals surface area contributed by atoms with Gasteiger partial charge >= 0.3 is 6.03 Å². The molecule has 1 atom stereocenters. The highest BCUT2D eigenvalue weighted by atomic mass is 35.5. The van der Waals surface area contributed by atoms with Crippen LogP contribution in [0.5, 0.6) is 5.75 Å². The molecular weight excluding hydrogens is 424 g/mol. The predicted octanol–water partition coefficient (Wildman–Crippen LogP) is 2.13. The largest absolute Gasteiger partial charge is 0.504 e. The van der Waals surface area contributed by atoms with Crippen molar-refractivity contribution in [3.63, 3.8) is 0 Å². The number of nitrogens with zero attached hydrogens (tertiary/aromatic N) is 1.